The van der Waals surface area contributed by atoms with Gasteiger partial charge in [-0.25, -0.2) is 8.42 Å². The Morgan fingerprint density at radius 1 is 1.18 bits per heavy atom. The van der Waals surface area contributed by atoms with Gasteiger partial charge in [0.1, 0.15) is 0 Å². The van der Waals surface area contributed by atoms with Crippen molar-refractivity contribution in [1.82, 2.24) is 9.62 Å². The SMILES string of the molecule is Cc1ccc(S(=O)(=O)N2CCC(C(=O)NCCc3ccc(Br)s3)CC2)cc1C. The summed E-state index contributed by atoms with van der Waals surface area (Å²) >= 11 is 5.11. The Labute approximate surface area is 179 Å². The molecule has 2 aromatic rings. The summed E-state index contributed by atoms with van der Waals surface area (Å²) in [6.45, 7) is 5.25. The number of hydrogen-bond acceptors (Lipinski definition) is 4. The number of sulfonamides is 1. The Hall–Kier alpha value is -1.22. The summed E-state index contributed by atoms with van der Waals surface area (Å²) in [6.07, 6.45) is 1.92. The molecule has 28 heavy (non-hydrogen) atoms. The monoisotopic (exact) mass is 484 g/mol. The molecule has 1 aliphatic rings. The lowest BCUT2D eigenvalue weighted by Gasteiger charge is -2.30. The van der Waals surface area contributed by atoms with Crippen molar-refractivity contribution in [3.63, 3.8) is 0 Å². The summed E-state index contributed by atoms with van der Waals surface area (Å²) in [5.41, 5.74) is 2.04. The van der Waals surface area contributed by atoms with Crippen LogP contribution in [-0.2, 0) is 21.2 Å². The number of hydrogen-bond donors (Lipinski definition) is 1. The molecule has 3 rings (SSSR count). The quantitative estimate of drug-likeness (QED) is 0.675. The van der Waals surface area contributed by atoms with Crippen LogP contribution in [0.1, 0.15) is 28.8 Å². The molecule has 0 bridgehead atoms. The Kier molecular flexibility index (Phi) is 6.96. The van der Waals surface area contributed by atoms with Gasteiger partial charge in [-0.15, -0.1) is 11.3 Å². The molecule has 1 N–H and O–H groups in total. The molecule has 1 amide bonds. The van der Waals surface area contributed by atoms with Crippen LogP contribution in [0.25, 0.3) is 0 Å². The number of benzene rings is 1. The van der Waals surface area contributed by atoms with Crippen molar-refractivity contribution in [3.05, 3.63) is 50.1 Å². The highest BCUT2D eigenvalue weighted by atomic mass is 79.9. The van der Waals surface area contributed by atoms with Gasteiger partial charge in [-0.05, 0) is 84.4 Å². The highest BCUT2D eigenvalue weighted by Crippen LogP contribution is 2.25. The normalized spacial score (nSPS) is 16.2. The highest BCUT2D eigenvalue weighted by molar-refractivity contribution is 9.11. The molecule has 5 nitrogen and oxygen atoms in total. The van der Waals surface area contributed by atoms with E-state index in [-0.39, 0.29) is 11.8 Å². The molecule has 0 atom stereocenters. The molecule has 1 aromatic heterocycles. The number of aryl methyl sites for hydroxylation is 2. The van der Waals surface area contributed by atoms with Crippen LogP contribution in [0.5, 0.6) is 0 Å². The number of halogens is 1. The Balaban J connectivity index is 1.51. The van der Waals surface area contributed by atoms with E-state index in [2.05, 4.69) is 27.3 Å². The second kappa shape index (κ2) is 9.07. The van der Waals surface area contributed by atoms with E-state index >= 15 is 0 Å². The molecule has 0 unspecified atom stereocenters. The minimum absolute atomic E-state index is 0.0267. The summed E-state index contributed by atoms with van der Waals surface area (Å²) < 4.78 is 28.4. The molecule has 2 heterocycles. The second-order valence-electron chi connectivity index (χ2n) is 7.17. The van der Waals surface area contributed by atoms with Gasteiger partial charge in [-0.1, -0.05) is 6.07 Å². The third-order valence-corrected chi connectivity index (χ3v) is 8.82. The first kappa shape index (κ1) is 21.5. The average Bonchev–Trinajstić information content (AvgIpc) is 3.09. The maximum absolute atomic E-state index is 12.9. The van der Waals surface area contributed by atoms with Crippen molar-refractivity contribution in [2.24, 2.45) is 5.92 Å². The largest absolute Gasteiger partial charge is 0.355 e. The Morgan fingerprint density at radius 3 is 2.50 bits per heavy atom. The zero-order chi connectivity index (χ0) is 20.3. The fourth-order valence-electron chi connectivity index (χ4n) is 3.32. The predicted octanol–water partition coefficient (Wildman–Crippen LogP) is 3.89. The Bertz CT molecular complexity index is 948. The fraction of sp³-hybridized carbons (Fsp3) is 0.450. The smallest absolute Gasteiger partial charge is 0.243 e. The number of amides is 1. The zero-order valence-corrected chi connectivity index (χ0v) is 19.3. The van der Waals surface area contributed by atoms with Crippen LogP contribution in [0, 0.1) is 19.8 Å². The average molecular weight is 485 g/mol. The molecule has 152 valence electrons. The number of thiophene rings is 1. The first-order chi connectivity index (χ1) is 13.3. The van der Waals surface area contributed by atoms with Crippen molar-refractivity contribution < 1.29 is 13.2 Å². The number of carbonyl (C=O) groups is 1. The first-order valence-corrected chi connectivity index (χ1v) is 12.4. The summed E-state index contributed by atoms with van der Waals surface area (Å²) in [6, 6.07) is 9.30. The summed E-state index contributed by atoms with van der Waals surface area (Å²) in [4.78, 5) is 14.0. The van der Waals surface area contributed by atoms with Gasteiger partial charge < -0.3 is 5.32 Å². The molecule has 0 aliphatic carbocycles. The van der Waals surface area contributed by atoms with Crippen LogP contribution >= 0.6 is 27.3 Å². The number of nitrogens with one attached hydrogen (secondary N) is 1. The van der Waals surface area contributed by atoms with Crippen LogP contribution in [0.4, 0.5) is 0 Å². The lowest BCUT2D eigenvalue weighted by atomic mass is 9.97. The van der Waals surface area contributed by atoms with Crippen molar-refractivity contribution in [2.75, 3.05) is 19.6 Å². The maximum atomic E-state index is 12.9. The topological polar surface area (TPSA) is 66.5 Å². The first-order valence-electron chi connectivity index (χ1n) is 9.36. The van der Waals surface area contributed by atoms with Crippen LogP contribution in [0.15, 0.2) is 39.0 Å². The molecule has 1 saturated heterocycles. The van der Waals surface area contributed by atoms with Crippen molar-refractivity contribution in [1.29, 1.82) is 0 Å². The van der Waals surface area contributed by atoms with Gasteiger partial charge >= 0.3 is 0 Å². The van der Waals surface area contributed by atoms with E-state index in [0.29, 0.717) is 37.4 Å². The van der Waals surface area contributed by atoms with Gasteiger partial charge in [0.2, 0.25) is 15.9 Å². The van der Waals surface area contributed by atoms with E-state index < -0.39 is 10.0 Å². The molecule has 1 aromatic carbocycles. The Morgan fingerprint density at radius 2 is 1.89 bits per heavy atom. The van der Waals surface area contributed by atoms with Crippen LogP contribution < -0.4 is 5.32 Å². The number of rotatable bonds is 6. The van der Waals surface area contributed by atoms with Gasteiger partial charge in [-0.3, -0.25) is 4.79 Å². The molecule has 8 heteroatoms. The molecule has 1 fully saturated rings. The van der Waals surface area contributed by atoms with Crippen molar-refractivity contribution >= 4 is 43.2 Å². The molecular formula is C20H25BrN2O3S2. The van der Waals surface area contributed by atoms with E-state index in [1.807, 2.05) is 26.0 Å². The van der Waals surface area contributed by atoms with E-state index in [1.54, 1.807) is 23.5 Å². The van der Waals surface area contributed by atoms with Crippen molar-refractivity contribution in [3.8, 4) is 0 Å². The molecule has 0 radical (unpaired) electrons. The van der Waals surface area contributed by atoms with E-state index in [0.717, 1.165) is 21.3 Å². The fourth-order valence-corrected chi connectivity index (χ4v) is 6.36. The van der Waals surface area contributed by atoms with Crippen LogP contribution in [-0.4, -0.2) is 38.3 Å². The van der Waals surface area contributed by atoms with Gasteiger partial charge in [0.15, 0.2) is 0 Å². The highest BCUT2D eigenvalue weighted by Gasteiger charge is 2.32. The lowest BCUT2D eigenvalue weighted by molar-refractivity contribution is -0.126. The zero-order valence-electron chi connectivity index (χ0n) is 16.1. The predicted molar refractivity (Wildman–Crippen MR) is 116 cm³/mol. The number of nitrogens with zero attached hydrogens (tertiary/aromatic N) is 1. The third kappa shape index (κ3) is 5.03. The third-order valence-electron chi connectivity index (χ3n) is 5.24. The molecule has 1 aliphatic heterocycles. The second-order valence-corrected chi connectivity index (χ2v) is 11.7. The van der Waals surface area contributed by atoms with Gasteiger partial charge in [0, 0.05) is 30.4 Å². The number of carbonyl (C=O) groups excluding carboxylic acids is 1. The lowest BCUT2D eigenvalue weighted by Crippen LogP contribution is -2.43. The van der Waals surface area contributed by atoms with E-state index in [1.165, 1.54) is 9.18 Å². The standard InChI is InChI=1S/C20H25BrN2O3S2/c1-14-3-5-18(13-15(14)2)28(25,26)23-11-8-16(9-12-23)20(24)22-10-7-17-4-6-19(21)27-17/h3-6,13,16H,7-12H2,1-2H3,(H,22,24). The van der Waals surface area contributed by atoms with Crippen molar-refractivity contribution in [2.45, 2.75) is 38.0 Å². The minimum atomic E-state index is -3.50. The van der Waals surface area contributed by atoms with Crippen LogP contribution in [0.3, 0.4) is 0 Å². The molecular weight excluding hydrogens is 460 g/mol. The summed E-state index contributed by atoms with van der Waals surface area (Å²) in [5.74, 6) is -0.0971. The maximum Gasteiger partial charge on any atom is 0.243 e. The van der Waals surface area contributed by atoms with Crippen LogP contribution in [0.2, 0.25) is 0 Å². The minimum Gasteiger partial charge on any atom is -0.355 e. The van der Waals surface area contributed by atoms with E-state index in [4.69, 9.17) is 0 Å². The molecule has 0 spiro atoms. The summed E-state index contributed by atoms with van der Waals surface area (Å²) in [5, 5.41) is 2.99. The number of piperidine rings is 1. The van der Waals surface area contributed by atoms with Gasteiger partial charge in [0.25, 0.3) is 0 Å². The molecule has 0 saturated carbocycles. The van der Waals surface area contributed by atoms with E-state index in [9.17, 15) is 13.2 Å². The van der Waals surface area contributed by atoms with Gasteiger partial charge in [0.05, 0.1) is 8.68 Å². The summed E-state index contributed by atoms with van der Waals surface area (Å²) in [7, 11) is -3.50. The van der Waals surface area contributed by atoms with Gasteiger partial charge in [-0.2, -0.15) is 4.31 Å².